The number of rotatable bonds is 4. The van der Waals surface area contributed by atoms with Crippen molar-refractivity contribution >= 4 is 22.4 Å². The van der Waals surface area contributed by atoms with Gasteiger partial charge in [-0.25, -0.2) is 4.79 Å². The maximum absolute atomic E-state index is 13.0. The third-order valence-electron chi connectivity index (χ3n) is 4.77. The van der Waals surface area contributed by atoms with E-state index in [4.69, 9.17) is 9.47 Å². The molecule has 0 saturated carbocycles. The van der Waals surface area contributed by atoms with Crippen LogP contribution in [0.3, 0.4) is 0 Å². The van der Waals surface area contributed by atoms with Gasteiger partial charge in [0.2, 0.25) is 0 Å². The van der Waals surface area contributed by atoms with Crippen LogP contribution in [-0.2, 0) is 6.54 Å². The van der Waals surface area contributed by atoms with Gasteiger partial charge in [0.05, 0.1) is 25.3 Å². The van der Waals surface area contributed by atoms with Crippen LogP contribution in [-0.4, -0.2) is 36.3 Å². The van der Waals surface area contributed by atoms with E-state index in [-0.39, 0.29) is 12.1 Å². The molecule has 140 valence electrons. The number of ether oxygens (including phenoxy) is 2. The second kappa shape index (κ2) is 7.36. The number of nitrogens with one attached hydrogen (secondary N) is 1. The van der Waals surface area contributed by atoms with Crippen LogP contribution in [0.5, 0.6) is 11.5 Å². The number of thiophene rings is 1. The Kier molecular flexibility index (Phi) is 4.77. The van der Waals surface area contributed by atoms with Gasteiger partial charge in [-0.1, -0.05) is 6.07 Å². The Morgan fingerprint density at radius 3 is 2.70 bits per heavy atom. The average molecular weight is 383 g/mol. The highest BCUT2D eigenvalue weighted by Crippen LogP contribution is 2.37. The lowest BCUT2D eigenvalue weighted by molar-refractivity contribution is 0.181. The van der Waals surface area contributed by atoms with E-state index < -0.39 is 0 Å². The van der Waals surface area contributed by atoms with Gasteiger partial charge >= 0.3 is 6.03 Å². The van der Waals surface area contributed by atoms with Crippen LogP contribution in [0.2, 0.25) is 0 Å². The number of amides is 2. The molecule has 0 spiro atoms. The number of carbonyl (C=O) groups excluding carboxylic acids is 1. The van der Waals surface area contributed by atoms with E-state index in [0.29, 0.717) is 18.0 Å². The molecule has 0 radical (unpaired) electrons. The number of methoxy groups -OCH3 is 2. The maximum Gasteiger partial charge on any atom is 0.323 e. The third kappa shape index (κ3) is 3.26. The number of carbonyl (C=O) groups is 1. The van der Waals surface area contributed by atoms with Gasteiger partial charge in [-0.3, -0.25) is 5.32 Å². The van der Waals surface area contributed by atoms with Gasteiger partial charge in [-0.2, -0.15) is 0 Å². The summed E-state index contributed by atoms with van der Waals surface area (Å²) < 4.78 is 13.0. The van der Waals surface area contributed by atoms with Gasteiger partial charge in [0, 0.05) is 25.0 Å². The van der Waals surface area contributed by atoms with Crippen LogP contribution in [0.4, 0.5) is 9.80 Å². The van der Waals surface area contributed by atoms with Crippen LogP contribution in [0.15, 0.2) is 54.0 Å². The number of nitrogens with zero attached hydrogens (tertiary/aromatic N) is 2. The minimum absolute atomic E-state index is 0.107. The highest BCUT2D eigenvalue weighted by Gasteiger charge is 2.33. The lowest BCUT2D eigenvalue weighted by atomic mass is 9.99. The predicted octanol–water partition coefficient (Wildman–Crippen LogP) is 4.20. The molecule has 0 aliphatic carbocycles. The molecule has 2 aromatic heterocycles. The lowest BCUT2D eigenvalue weighted by Gasteiger charge is -2.37. The van der Waals surface area contributed by atoms with E-state index in [1.165, 1.54) is 11.3 Å². The average Bonchev–Trinajstić information content (AvgIpc) is 3.38. The second-order valence-electron chi connectivity index (χ2n) is 6.24. The molecule has 6 nitrogen and oxygen atoms in total. The minimum atomic E-state index is -0.200. The van der Waals surface area contributed by atoms with E-state index in [1.54, 1.807) is 14.2 Å². The highest BCUT2D eigenvalue weighted by atomic mass is 32.1. The number of hydrogen-bond donors (Lipinski definition) is 1. The van der Waals surface area contributed by atoms with Gasteiger partial charge in [-0.05, 0) is 47.3 Å². The summed E-state index contributed by atoms with van der Waals surface area (Å²) in [6, 6.07) is 13.4. The molecule has 0 bridgehead atoms. The van der Waals surface area contributed by atoms with Crippen molar-refractivity contribution in [3.05, 3.63) is 65.3 Å². The number of hydrogen-bond acceptors (Lipinski definition) is 4. The maximum atomic E-state index is 13.0. The molecule has 1 aliphatic heterocycles. The van der Waals surface area contributed by atoms with Crippen molar-refractivity contribution < 1.29 is 14.3 Å². The molecular weight excluding hydrogens is 362 g/mol. The van der Waals surface area contributed by atoms with E-state index >= 15 is 0 Å². The molecule has 0 fully saturated rings. The first kappa shape index (κ1) is 17.5. The summed E-state index contributed by atoms with van der Waals surface area (Å²) in [5.41, 5.74) is 2.06. The monoisotopic (exact) mass is 383 g/mol. The second-order valence-corrected chi connectivity index (χ2v) is 7.19. The number of urea groups is 1. The third-order valence-corrected chi connectivity index (χ3v) is 5.56. The smallest absolute Gasteiger partial charge is 0.323 e. The molecule has 3 aromatic rings. The molecule has 1 aromatic carbocycles. The molecular formula is C20H21N3O3S. The fourth-order valence-electron chi connectivity index (χ4n) is 3.50. The van der Waals surface area contributed by atoms with Crippen LogP contribution < -0.4 is 14.8 Å². The molecule has 0 unspecified atom stereocenters. The summed E-state index contributed by atoms with van der Waals surface area (Å²) in [6.45, 7) is 1.39. The van der Waals surface area contributed by atoms with Crippen LogP contribution >= 0.6 is 11.3 Å². The molecule has 1 N–H and O–H groups in total. The zero-order valence-corrected chi connectivity index (χ0v) is 16.0. The molecule has 3 heterocycles. The molecule has 4 rings (SSSR count). The summed E-state index contributed by atoms with van der Waals surface area (Å²) in [6.07, 6.45) is 2.05. The number of aromatic nitrogens is 1. The van der Waals surface area contributed by atoms with Crippen molar-refractivity contribution in [3.63, 3.8) is 0 Å². The minimum Gasteiger partial charge on any atom is -0.493 e. The first-order valence-corrected chi connectivity index (χ1v) is 9.57. The summed E-state index contributed by atoms with van der Waals surface area (Å²) in [4.78, 5) is 14.9. The van der Waals surface area contributed by atoms with Gasteiger partial charge < -0.3 is 18.9 Å². The van der Waals surface area contributed by atoms with E-state index in [1.807, 2.05) is 46.7 Å². The molecule has 0 saturated heterocycles. The number of anilines is 1. The molecule has 27 heavy (non-hydrogen) atoms. The van der Waals surface area contributed by atoms with E-state index in [9.17, 15) is 4.79 Å². The van der Waals surface area contributed by atoms with Gasteiger partial charge in [0.1, 0.15) is 0 Å². The Bertz CT molecular complexity index is 936. The largest absolute Gasteiger partial charge is 0.493 e. The van der Waals surface area contributed by atoms with Gasteiger partial charge in [-0.15, -0.1) is 11.3 Å². The van der Waals surface area contributed by atoms with Gasteiger partial charge in [0.25, 0.3) is 0 Å². The van der Waals surface area contributed by atoms with Crippen molar-refractivity contribution in [2.75, 3.05) is 26.1 Å². The van der Waals surface area contributed by atoms with E-state index in [0.717, 1.165) is 22.8 Å². The Labute approximate surface area is 161 Å². The normalized spacial score (nSPS) is 15.9. The standard InChI is InChI=1S/C20H21N3O3S/c1-25-16-8-7-14(13-17(16)26-2)19-15-5-3-9-22(15)10-11-23(19)20(24)21-18-6-4-12-27-18/h3-9,12-13,19H,10-11H2,1-2H3,(H,21,24)/t19-/m1/s1. The zero-order chi connectivity index (χ0) is 18.8. The Balaban J connectivity index is 1.72. The fourth-order valence-corrected chi connectivity index (χ4v) is 4.11. The highest BCUT2D eigenvalue weighted by molar-refractivity contribution is 7.14. The first-order valence-electron chi connectivity index (χ1n) is 8.69. The number of fused-ring (bicyclic) bond motifs is 1. The Hall–Kier alpha value is -2.93. The van der Waals surface area contributed by atoms with Crippen molar-refractivity contribution in [1.29, 1.82) is 0 Å². The first-order chi connectivity index (χ1) is 13.2. The lowest BCUT2D eigenvalue weighted by Crippen LogP contribution is -2.44. The molecule has 1 atom stereocenters. The molecule has 2 amide bonds. The van der Waals surface area contributed by atoms with Crippen LogP contribution in [0, 0.1) is 0 Å². The van der Waals surface area contributed by atoms with Crippen LogP contribution in [0.1, 0.15) is 17.3 Å². The predicted molar refractivity (Wildman–Crippen MR) is 106 cm³/mol. The molecule has 1 aliphatic rings. The van der Waals surface area contributed by atoms with E-state index in [2.05, 4.69) is 22.1 Å². The summed E-state index contributed by atoms with van der Waals surface area (Å²) in [5, 5.41) is 5.79. The quantitative estimate of drug-likeness (QED) is 0.734. The van der Waals surface area contributed by atoms with Crippen molar-refractivity contribution in [2.24, 2.45) is 0 Å². The number of benzene rings is 1. The zero-order valence-electron chi connectivity index (χ0n) is 15.2. The summed E-state index contributed by atoms with van der Waals surface area (Å²) >= 11 is 1.51. The van der Waals surface area contributed by atoms with Crippen molar-refractivity contribution in [3.8, 4) is 11.5 Å². The summed E-state index contributed by atoms with van der Waals surface area (Å²) in [7, 11) is 3.23. The topological polar surface area (TPSA) is 55.7 Å². The van der Waals surface area contributed by atoms with Crippen molar-refractivity contribution in [1.82, 2.24) is 9.47 Å². The SMILES string of the molecule is COc1ccc([C@@H]2c3cccn3CCN2C(=O)Nc2cccs2)cc1OC. The van der Waals surface area contributed by atoms with Crippen molar-refractivity contribution in [2.45, 2.75) is 12.6 Å². The Morgan fingerprint density at radius 1 is 1.11 bits per heavy atom. The summed E-state index contributed by atoms with van der Waals surface area (Å²) in [5.74, 6) is 1.32. The fraction of sp³-hybridized carbons (Fsp3) is 0.250. The van der Waals surface area contributed by atoms with Gasteiger partial charge in [0.15, 0.2) is 11.5 Å². The van der Waals surface area contributed by atoms with Crippen LogP contribution in [0.25, 0.3) is 0 Å². The molecule has 7 heteroatoms. The Morgan fingerprint density at radius 2 is 1.96 bits per heavy atom.